The van der Waals surface area contributed by atoms with E-state index in [1.807, 2.05) is 0 Å². The second kappa shape index (κ2) is 4.48. The first kappa shape index (κ1) is 11.8. The molecule has 0 amide bonds. The molecule has 0 aliphatic carbocycles. The van der Waals surface area contributed by atoms with Gasteiger partial charge in [0.1, 0.15) is 0 Å². The summed E-state index contributed by atoms with van der Waals surface area (Å²) in [5, 5.41) is 0. The number of anilines is 2. The Kier molecular flexibility index (Phi) is 4.06. The molecular formula is C6H5Br4N3. The smallest absolute Gasteiger partial charge is 0.0884 e. The van der Waals surface area contributed by atoms with Gasteiger partial charge in [-0.25, -0.2) is 0 Å². The molecule has 0 bridgehead atoms. The van der Waals surface area contributed by atoms with E-state index in [2.05, 4.69) is 69.1 Å². The van der Waals surface area contributed by atoms with E-state index in [0.29, 0.717) is 11.4 Å². The van der Waals surface area contributed by atoms with Crippen molar-refractivity contribution in [1.82, 2.24) is 0 Å². The van der Waals surface area contributed by atoms with E-state index in [0.717, 1.165) is 17.9 Å². The van der Waals surface area contributed by atoms with Crippen LogP contribution in [0.2, 0.25) is 0 Å². The largest absolute Gasteiger partial charge is 0.396 e. The molecule has 5 N–H and O–H groups in total. The molecule has 0 heterocycles. The topological polar surface area (TPSA) is 64.1 Å². The van der Waals surface area contributed by atoms with Crippen LogP contribution in [0.3, 0.4) is 0 Å². The van der Waals surface area contributed by atoms with Crippen LogP contribution in [-0.4, -0.2) is 0 Å². The van der Waals surface area contributed by atoms with E-state index < -0.39 is 0 Å². The number of hydrogen-bond acceptors (Lipinski definition) is 3. The molecule has 72 valence electrons. The van der Waals surface area contributed by atoms with Crippen LogP contribution in [-0.2, 0) is 0 Å². The number of nitrogens with two attached hydrogens (primary N) is 2. The van der Waals surface area contributed by atoms with Crippen molar-refractivity contribution in [3.05, 3.63) is 17.9 Å². The molecule has 1 aromatic carbocycles. The van der Waals surface area contributed by atoms with Crippen molar-refractivity contribution in [2.75, 3.05) is 11.2 Å². The maximum Gasteiger partial charge on any atom is 0.0884 e. The number of halogens is 4. The van der Waals surface area contributed by atoms with Crippen LogP contribution < -0.4 is 17.0 Å². The van der Waals surface area contributed by atoms with Crippen molar-refractivity contribution in [2.24, 2.45) is 5.84 Å². The van der Waals surface area contributed by atoms with Crippen molar-refractivity contribution >= 4 is 75.1 Å². The monoisotopic (exact) mass is 435 g/mol. The Morgan fingerprint density at radius 1 is 0.846 bits per heavy atom. The number of hydrogen-bond donors (Lipinski definition) is 3. The average molecular weight is 439 g/mol. The normalized spacial score (nSPS) is 10.2. The van der Waals surface area contributed by atoms with Crippen molar-refractivity contribution in [1.29, 1.82) is 0 Å². The highest BCUT2D eigenvalue weighted by molar-refractivity contribution is 9.15. The lowest BCUT2D eigenvalue weighted by molar-refractivity contribution is 1.32. The molecule has 0 radical (unpaired) electrons. The van der Waals surface area contributed by atoms with Crippen LogP contribution in [0.1, 0.15) is 0 Å². The standard InChI is InChI=1S/C6H5Br4N3/c7-1-2(8)4(10)6(13-12)5(11)3(1)9/h13H,11-12H2. The van der Waals surface area contributed by atoms with Gasteiger partial charge >= 0.3 is 0 Å². The fraction of sp³-hybridized carbons (Fsp3) is 0. The number of hydrazine groups is 1. The van der Waals surface area contributed by atoms with E-state index >= 15 is 0 Å². The Labute approximate surface area is 109 Å². The summed E-state index contributed by atoms with van der Waals surface area (Å²) in [4.78, 5) is 0. The molecule has 0 saturated heterocycles. The quantitative estimate of drug-likeness (QED) is 0.206. The summed E-state index contributed by atoms with van der Waals surface area (Å²) in [5.74, 6) is 5.32. The van der Waals surface area contributed by atoms with Gasteiger partial charge in [-0.2, -0.15) is 0 Å². The van der Waals surface area contributed by atoms with Gasteiger partial charge in [0.2, 0.25) is 0 Å². The third-order valence-corrected chi connectivity index (χ3v) is 6.25. The van der Waals surface area contributed by atoms with Gasteiger partial charge in [-0.05, 0) is 63.7 Å². The van der Waals surface area contributed by atoms with E-state index in [1.54, 1.807) is 0 Å². The minimum atomic E-state index is 0.546. The van der Waals surface area contributed by atoms with E-state index in [-0.39, 0.29) is 0 Å². The maximum atomic E-state index is 5.79. The zero-order valence-corrected chi connectivity index (χ0v) is 12.5. The molecule has 0 aromatic heterocycles. The lowest BCUT2D eigenvalue weighted by atomic mass is 10.3. The lowest BCUT2D eigenvalue weighted by Gasteiger charge is -2.13. The van der Waals surface area contributed by atoms with Crippen LogP contribution in [0, 0.1) is 0 Å². The van der Waals surface area contributed by atoms with Gasteiger partial charge in [0.05, 0.1) is 20.3 Å². The minimum Gasteiger partial charge on any atom is -0.396 e. The van der Waals surface area contributed by atoms with Crippen molar-refractivity contribution in [3.63, 3.8) is 0 Å². The molecule has 0 unspecified atom stereocenters. The van der Waals surface area contributed by atoms with Gasteiger partial charge in [-0.3, -0.25) is 5.84 Å². The SMILES string of the molecule is NNc1c(N)c(Br)c(Br)c(Br)c1Br. The molecule has 0 aliphatic heterocycles. The summed E-state index contributed by atoms with van der Waals surface area (Å²) < 4.78 is 3.23. The van der Waals surface area contributed by atoms with Crippen LogP contribution in [0.5, 0.6) is 0 Å². The summed E-state index contributed by atoms with van der Waals surface area (Å²) in [6, 6.07) is 0. The summed E-state index contributed by atoms with van der Waals surface area (Å²) in [6.07, 6.45) is 0. The predicted molar refractivity (Wildman–Crippen MR) is 69.5 cm³/mol. The fourth-order valence-electron chi connectivity index (χ4n) is 0.790. The molecule has 13 heavy (non-hydrogen) atoms. The maximum absolute atomic E-state index is 5.79. The van der Waals surface area contributed by atoms with Crippen LogP contribution >= 0.6 is 63.7 Å². The average Bonchev–Trinajstić information content (AvgIpc) is 2.13. The Bertz CT molecular complexity index is 323. The molecule has 1 rings (SSSR count). The lowest BCUT2D eigenvalue weighted by Crippen LogP contribution is -2.10. The Morgan fingerprint density at radius 2 is 1.31 bits per heavy atom. The predicted octanol–water partition coefficient (Wildman–Crippen LogP) is 3.60. The molecule has 0 atom stereocenters. The van der Waals surface area contributed by atoms with Gasteiger partial charge in [-0.1, -0.05) is 0 Å². The highest BCUT2D eigenvalue weighted by atomic mass is 79.9. The molecule has 0 fully saturated rings. The van der Waals surface area contributed by atoms with Crippen LogP contribution in [0.15, 0.2) is 17.9 Å². The third-order valence-electron chi connectivity index (χ3n) is 1.45. The fourth-order valence-corrected chi connectivity index (χ4v) is 3.05. The molecule has 0 saturated carbocycles. The first-order valence-corrected chi connectivity index (χ1v) is 6.26. The summed E-state index contributed by atoms with van der Waals surface area (Å²) >= 11 is 13.4. The molecule has 0 spiro atoms. The van der Waals surface area contributed by atoms with Crippen molar-refractivity contribution in [3.8, 4) is 0 Å². The van der Waals surface area contributed by atoms with Gasteiger partial charge in [-0.15, -0.1) is 0 Å². The number of rotatable bonds is 1. The van der Waals surface area contributed by atoms with Gasteiger partial charge < -0.3 is 11.2 Å². The van der Waals surface area contributed by atoms with Gasteiger partial charge in [0.15, 0.2) is 0 Å². The number of nitrogen functional groups attached to an aromatic ring is 2. The molecule has 7 heteroatoms. The highest BCUT2D eigenvalue weighted by Crippen LogP contribution is 2.45. The van der Waals surface area contributed by atoms with E-state index in [9.17, 15) is 0 Å². The first-order chi connectivity index (χ1) is 6.00. The Balaban J connectivity index is 3.56. The molecule has 3 nitrogen and oxygen atoms in total. The second-order valence-corrected chi connectivity index (χ2v) is 5.36. The summed E-state index contributed by atoms with van der Waals surface area (Å²) in [5.41, 5.74) is 9.50. The van der Waals surface area contributed by atoms with E-state index in [1.165, 1.54) is 0 Å². The first-order valence-electron chi connectivity index (χ1n) is 3.08. The van der Waals surface area contributed by atoms with Crippen molar-refractivity contribution in [2.45, 2.75) is 0 Å². The zero-order chi connectivity index (χ0) is 10.2. The van der Waals surface area contributed by atoms with Crippen LogP contribution in [0.25, 0.3) is 0 Å². The summed E-state index contributed by atoms with van der Waals surface area (Å²) in [6.45, 7) is 0. The molecule has 0 aliphatic rings. The summed E-state index contributed by atoms with van der Waals surface area (Å²) in [7, 11) is 0. The second-order valence-electron chi connectivity index (χ2n) is 2.19. The van der Waals surface area contributed by atoms with Crippen LogP contribution in [0.4, 0.5) is 11.4 Å². The Hall–Kier alpha value is 0.700. The number of nitrogens with one attached hydrogen (secondary N) is 1. The Morgan fingerprint density at radius 3 is 1.77 bits per heavy atom. The zero-order valence-electron chi connectivity index (χ0n) is 6.17. The molecular weight excluding hydrogens is 434 g/mol. The van der Waals surface area contributed by atoms with Crippen molar-refractivity contribution < 1.29 is 0 Å². The van der Waals surface area contributed by atoms with E-state index in [4.69, 9.17) is 11.6 Å². The third kappa shape index (κ3) is 2.04. The highest BCUT2D eigenvalue weighted by Gasteiger charge is 2.15. The van der Waals surface area contributed by atoms with Gasteiger partial charge in [0, 0.05) is 8.95 Å². The van der Waals surface area contributed by atoms with Gasteiger partial charge in [0.25, 0.3) is 0 Å². The number of benzene rings is 1. The molecule has 1 aromatic rings. The minimum absolute atomic E-state index is 0.546.